The van der Waals surface area contributed by atoms with Crippen molar-refractivity contribution in [2.75, 3.05) is 4.90 Å². The molecule has 0 aliphatic heterocycles. The Balaban J connectivity index is 1.46. The van der Waals surface area contributed by atoms with E-state index in [4.69, 9.17) is 0 Å². The number of carbonyl (C=O) groups excluding carboxylic acids is 2. The van der Waals surface area contributed by atoms with Crippen LogP contribution in [-0.2, 0) is 16.6 Å². The van der Waals surface area contributed by atoms with Crippen molar-refractivity contribution < 1.29 is 14.7 Å². The van der Waals surface area contributed by atoms with Crippen molar-refractivity contribution in [2.45, 2.75) is 50.8 Å². The van der Waals surface area contributed by atoms with Crippen molar-refractivity contribution in [3.8, 4) is 0 Å². The van der Waals surface area contributed by atoms with Crippen LogP contribution in [0.25, 0.3) is 11.0 Å². The maximum atomic E-state index is 14.5. The summed E-state index contributed by atoms with van der Waals surface area (Å²) in [5.41, 5.74) is 5.83. The number of H-pyrrole nitrogens is 1. The van der Waals surface area contributed by atoms with Crippen molar-refractivity contribution >= 4 is 28.5 Å². The number of amides is 2. The number of aromatic nitrogens is 3. The molecule has 2 aromatic heterocycles. The minimum Gasteiger partial charge on any atom is -0.390 e. The van der Waals surface area contributed by atoms with Crippen LogP contribution in [0.15, 0.2) is 97.6 Å². The molecule has 0 radical (unpaired) electrons. The van der Waals surface area contributed by atoms with Crippen LogP contribution < -0.4 is 10.2 Å². The van der Waals surface area contributed by atoms with Crippen LogP contribution >= 0.6 is 0 Å². The number of hydrogen-bond donors (Lipinski definition) is 3. The number of hydrogen-bond acceptors (Lipinski definition) is 5. The van der Waals surface area contributed by atoms with Crippen LogP contribution in [0.4, 0.5) is 5.69 Å². The molecule has 3 atom stereocenters. The molecule has 1 aliphatic carbocycles. The third-order valence-corrected chi connectivity index (χ3v) is 7.91. The van der Waals surface area contributed by atoms with Crippen LogP contribution in [0, 0.1) is 0 Å². The fourth-order valence-electron chi connectivity index (χ4n) is 5.65. The molecule has 0 bridgehead atoms. The number of nitrogens with zero attached hydrogens (tertiary/aromatic N) is 3. The summed E-state index contributed by atoms with van der Waals surface area (Å²) >= 11 is 0. The lowest BCUT2D eigenvalue weighted by Gasteiger charge is -2.33. The Morgan fingerprint density at radius 1 is 1.02 bits per heavy atom. The Hall–Kier alpha value is -4.82. The van der Waals surface area contributed by atoms with E-state index < -0.39 is 24.1 Å². The van der Waals surface area contributed by atoms with Gasteiger partial charge in [0.1, 0.15) is 6.04 Å². The predicted molar refractivity (Wildman–Crippen MR) is 162 cm³/mol. The van der Waals surface area contributed by atoms with Gasteiger partial charge < -0.3 is 15.4 Å². The van der Waals surface area contributed by atoms with Crippen LogP contribution in [0.1, 0.15) is 65.5 Å². The molecule has 1 aliphatic rings. The summed E-state index contributed by atoms with van der Waals surface area (Å²) in [5, 5.41) is 14.0. The topological polar surface area (TPSA) is 111 Å². The highest BCUT2D eigenvalue weighted by Gasteiger charge is 2.38. The van der Waals surface area contributed by atoms with Gasteiger partial charge in [0.2, 0.25) is 5.91 Å². The van der Waals surface area contributed by atoms with Gasteiger partial charge in [-0.2, -0.15) is 0 Å². The summed E-state index contributed by atoms with van der Waals surface area (Å²) < 4.78 is 0. The molecule has 42 heavy (non-hydrogen) atoms. The normalized spacial score (nSPS) is 17.0. The zero-order valence-corrected chi connectivity index (χ0v) is 23.8. The Morgan fingerprint density at radius 2 is 1.81 bits per heavy atom. The smallest absolute Gasteiger partial charge is 0.259 e. The van der Waals surface area contributed by atoms with Crippen LogP contribution in [-0.4, -0.2) is 38.0 Å². The second kappa shape index (κ2) is 10.9. The van der Waals surface area contributed by atoms with Gasteiger partial charge >= 0.3 is 0 Å². The van der Waals surface area contributed by atoms with Crippen LogP contribution in [0.3, 0.4) is 0 Å². The molecule has 5 aromatic rings. The first-order valence-electron chi connectivity index (χ1n) is 14.0. The molecule has 2 heterocycles. The van der Waals surface area contributed by atoms with E-state index in [2.05, 4.69) is 41.0 Å². The molecule has 3 N–H and O–H groups in total. The molecule has 0 spiro atoms. The van der Waals surface area contributed by atoms with Gasteiger partial charge in [-0.3, -0.25) is 19.5 Å². The molecule has 0 saturated carbocycles. The largest absolute Gasteiger partial charge is 0.390 e. The minimum absolute atomic E-state index is 0.0928. The molecular weight excluding hydrogens is 526 g/mol. The number of rotatable bonds is 6. The standard InChI is InChI=1S/C34H33N5O3/c1-34(2,3)24-11-13-25(14-12-24)39(33(42)22-10-15-27-28(17-22)37-20-36-27)31(23-8-6-16-35-19-23)32(41)38-30-26-9-5-4-7-21(26)18-29(30)40/h4-17,19-20,29-31,40H,18H2,1-3H3,(H,36,37)(H,38,41)/t29-,30+,31?/m1/s1. The number of imidazole rings is 1. The van der Waals surface area contributed by atoms with Gasteiger partial charge in [-0.25, -0.2) is 4.98 Å². The van der Waals surface area contributed by atoms with Gasteiger partial charge in [-0.05, 0) is 58.5 Å². The SMILES string of the molecule is CC(C)(C)c1ccc(N(C(=O)c2ccc3[nH]cnc3c2)C(C(=O)N[C@H]2c3ccccc3C[C@H]2O)c2cccnc2)cc1. The lowest BCUT2D eigenvalue weighted by molar-refractivity contribution is -0.124. The molecule has 212 valence electrons. The zero-order valence-electron chi connectivity index (χ0n) is 23.8. The Bertz CT molecular complexity index is 1740. The van der Waals surface area contributed by atoms with E-state index in [0.717, 1.165) is 22.2 Å². The average molecular weight is 560 g/mol. The fraction of sp³-hybridized carbons (Fsp3) is 0.235. The Morgan fingerprint density at radius 3 is 2.55 bits per heavy atom. The maximum absolute atomic E-state index is 14.5. The van der Waals surface area contributed by atoms with E-state index in [1.807, 2.05) is 48.5 Å². The lowest BCUT2D eigenvalue weighted by atomic mass is 9.87. The van der Waals surface area contributed by atoms with Gasteiger partial charge in [0.15, 0.2) is 0 Å². The van der Waals surface area contributed by atoms with E-state index in [1.54, 1.807) is 49.1 Å². The predicted octanol–water partition coefficient (Wildman–Crippen LogP) is 5.42. The van der Waals surface area contributed by atoms with Crippen molar-refractivity contribution in [1.29, 1.82) is 0 Å². The van der Waals surface area contributed by atoms with Crippen molar-refractivity contribution in [3.63, 3.8) is 0 Å². The third-order valence-electron chi connectivity index (χ3n) is 7.91. The number of carbonyl (C=O) groups is 2. The number of nitrogens with one attached hydrogen (secondary N) is 2. The number of pyridine rings is 1. The van der Waals surface area contributed by atoms with Gasteiger partial charge in [0.25, 0.3) is 5.91 Å². The number of benzene rings is 3. The third kappa shape index (κ3) is 5.17. The van der Waals surface area contributed by atoms with Gasteiger partial charge in [0.05, 0.1) is 29.5 Å². The van der Waals surface area contributed by atoms with E-state index in [0.29, 0.717) is 28.8 Å². The van der Waals surface area contributed by atoms with Crippen molar-refractivity contribution in [1.82, 2.24) is 20.3 Å². The Labute approximate surface area is 244 Å². The maximum Gasteiger partial charge on any atom is 0.259 e. The van der Waals surface area contributed by atoms with Gasteiger partial charge in [-0.15, -0.1) is 0 Å². The first-order chi connectivity index (χ1) is 20.2. The quantitative estimate of drug-likeness (QED) is 0.257. The molecular formula is C34H33N5O3. The summed E-state index contributed by atoms with van der Waals surface area (Å²) in [7, 11) is 0. The highest BCUT2D eigenvalue weighted by Crippen LogP contribution is 2.35. The molecule has 6 rings (SSSR count). The molecule has 8 heteroatoms. The number of fused-ring (bicyclic) bond motifs is 2. The second-order valence-corrected chi connectivity index (χ2v) is 11.8. The first kappa shape index (κ1) is 27.4. The molecule has 0 saturated heterocycles. The summed E-state index contributed by atoms with van der Waals surface area (Å²) in [6.45, 7) is 6.38. The molecule has 0 fully saturated rings. The first-order valence-corrected chi connectivity index (χ1v) is 14.0. The van der Waals surface area contributed by atoms with Crippen molar-refractivity contribution in [3.05, 3.63) is 125 Å². The van der Waals surface area contributed by atoms with Crippen LogP contribution in [0.2, 0.25) is 0 Å². The second-order valence-electron chi connectivity index (χ2n) is 11.8. The molecule has 2 amide bonds. The van der Waals surface area contributed by atoms with Crippen LogP contribution in [0.5, 0.6) is 0 Å². The number of aliphatic hydroxyl groups is 1. The van der Waals surface area contributed by atoms with Gasteiger partial charge in [0, 0.05) is 35.6 Å². The zero-order chi connectivity index (χ0) is 29.4. The monoisotopic (exact) mass is 559 g/mol. The summed E-state index contributed by atoms with van der Waals surface area (Å²) in [4.78, 5) is 42.0. The van der Waals surface area contributed by atoms with Gasteiger partial charge in [-0.1, -0.05) is 63.2 Å². The van der Waals surface area contributed by atoms with E-state index in [1.165, 1.54) is 4.90 Å². The number of aromatic amines is 1. The lowest BCUT2D eigenvalue weighted by Crippen LogP contribution is -2.46. The number of anilines is 1. The molecule has 3 aromatic carbocycles. The number of aliphatic hydroxyl groups excluding tert-OH is 1. The highest BCUT2D eigenvalue weighted by molar-refractivity contribution is 6.11. The van der Waals surface area contributed by atoms with E-state index in [-0.39, 0.29) is 11.3 Å². The Kier molecular flexibility index (Phi) is 7.08. The molecule has 1 unspecified atom stereocenters. The van der Waals surface area contributed by atoms with E-state index in [9.17, 15) is 14.7 Å². The van der Waals surface area contributed by atoms with E-state index >= 15 is 0 Å². The highest BCUT2D eigenvalue weighted by atomic mass is 16.3. The minimum atomic E-state index is -1.07. The fourth-order valence-corrected chi connectivity index (χ4v) is 5.65. The average Bonchev–Trinajstić information content (AvgIpc) is 3.59. The summed E-state index contributed by atoms with van der Waals surface area (Å²) in [6, 6.07) is 22.5. The van der Waals surface area contributed by atoms with Crippen molar-refractivity contribution in [2.24, 2.45) is 0 Å². The molecule has 8 nitrogen and oxygen atoms in total. The summed E-state index contributed by atoms with van der Waals surface area (Å²) in [6.07, 6.45) is 4.48. The summed E-state index contributed by atoms with van der Waals surface area (Å²) in [5.74, 6) is -0.780.